The van der Waals surface area contributed by atoms with E-state index in [4.69, 9.17) is 14.9 Å². The van der Waals surface area contributed by atoms with Gasteiger partial charge in [0.05, 0.1) is 25.9 Å². The normalized spacial score (nSPS) is 20.8. The maximum Gasteiger partial charge on any atom is 0.329 e. The van der Waals surface area contributed by atoms with Crippen molar-refractivity contribution in [1.82, 2.24) is 4.90 Å². The van der Waals surface area contributed by atoms with Gasteiger partial charge in [-0.15, -0.1) is 0 Å². The Kier molecular flexibility index (Phi) is 5.17. The van der Waals surface area contributed by atoms with Gasteiger partial charge in [0, 0.05) is 6.54 Å². The maximum absolute atomic E-state index is 11.6. The van der Waals surface area contributed by atoms with Crippen LogP contribution < -0.4 is 0 Å². The summed E-state index contributed by atoms with van der Waals surface area (Å²) in [5.74, 6) is -1.45. The van der Waals surface area contributed by atoms with Crippen LogP contribution in [-0.4, -0.2) is 72.6 Å². The van der Waals surface area contributed by atoms with Crippen molar-refractivity contribution < 1.29 is 29.3 Å². The van der Waals surface area contributed by atoms with E-state index in [1.165, 1.54) is 4.90 Å². The third kappa shape index (κ3) is 3.76. The second-order valence-electron chi connectivity index (χ2n) is 3.38. The number of nitrogens with zero attached hydrogens (tertiary/aromatic N) is 1. The van der Waals surface area contributed by atoms with E-state index in [-0.39, 0.29) is 25.2 Å². The molecule has 1 fully saturated rings. The predicted octanol–water partition coefficient (Wildman–Crippen LogP) is -1.69. The summed E-state index contributed by atoms with van der Waals surface area (Å²) in [6, 6.07) is -0.366. The first-order chi connectivity index (χ1) is 7.65. The van der Waals surface area contributed by atoms with Crippen LogP contribution in [0, 0.1) is 0 Å². The van der Waals surface area contributed by atoms with Crippen LogP contribution in [0.4, 0.5) is 0 Å². The lowest BCUT2D eigenvalue weighted by Gasteiger charge is -2.34. The van der Waals surface area contributed by atoms with Crippen LogP contribution in [0.1, 0.15) is 0 Å². The van der Waals surface area contributed by atoms with Gasteiger partial charge in [-0.25, -0.2) is 4.79 Å². The Morgan fingerprint density at radius 2 is 2.19 bits per heavy atom. The van der Waals surface area contributed by atoms with Crippen molar-refractivity contribution in [3.05, 3.63) is 0 Å². The molecule has 1 rings (SSSR count). The number of carboxylic acids is 1. The zero-order chi connectivity index (χ0) is 12.0. The number of amides is 1. The minimum Gasteiger partial charge on any atom is -0.480 e. The van der Waals surface area contributed by atoms with Crippen LogP contribution in [0.25, 0.3) is 0 Å². The summed E-state index contributed by atoms with van der Waals surface area (Å²) >= 11 is 0. The smallest absolute Gasteiger partial charge is 0.329 e. The molecule has 7 nitrogen and oxygen atoms in total. The monoisotopic (exact) mass is 233 g/mol. The molecule has 0 radical (unpaired) electrons. The molecular formula is C9H15NO6. The van der Waals surface area contributed by atoms with E-state index in [9.17, 15) is 9.59 Å². The summed E-state index contributed by atoms with van der Waals surface area (Å²) in [6.07, 6.45) is 0. The van der Waals surface area contributed by atoms with Crippen molar-refractivity contribution in [1.29, 1.82) is 0 Å². The fourth-order valence-corrected chi connectivity index (χ4v) is 1.44. The molecule has 1 unspecified atom stereocenters. The highest BCUT2D eigenvalue weighted by atomic mass is 16.5. The van der Waals surface area contributed by atoms with Crippen molar-refractivity contribution in [2.45, 2.75) is 6.04 Å². The summed E-state index contributed by atoms with van der Waals surface area (Å²) < 4.78 is 9.80. The highest BCUT2D eigenvalue weighted by Gasteiger charge is 2.26. The number of morpholine rings is 1. The van der Waals surface area contributed by atoms with Gasteiger partial charge in [0.2, 0.25) is 5.91 Å². The predicted molar refractivity (Wildman–Crippen MR) is 51.9 cm³/mol. The molecule has 0 aliphatic carbocycles. The molecule has 0 aromatic rings. The van der Waals surface area contributed by atoms with E-state index in [0.717, 1.165) is 0 Å². The summed E-state index contributed by atoms with van der Waals surface area (Å²) in [4.78, 5) is 23.2. The van der Waals surface area contributed by atoms with Gasteiger partial charge >= 0.3 is 5.97 Å². The zero-order valence-corrected chi connectivity index (χ0v) is 8.79. The fourth-order valence-electron chi connectivity index (χ4n) is 1.44. The molecule has 0 saturated carbocycles. The minimum atomic E-state index is -1.12. The minimum absolute atomic E-state index is 0.176. The lowest BCUT2D eigenvalue weighted by molar-refractivity contribution is -0.150. The van der Waals surface area contributed by atoms with Gasteiger partial charge in [-0.05, 0) is 0 Å². The summed E-state index contributed by atoms with van der Waals surface area (Å²) in [5.41, 5.74) is 0. The van der Waals surface area contributed by atoms with Gasteiger partial charge in [-0.3, -0.25) is 4.79 Å². The number of carbonyl (C=O) groups is 2. The van der Waals surface area contributed by atoms with Gasteiger partial charge in [-0.1, -0.05) is 0 Å². The maximum atomic E-state index is 11.6. The highest BCUT2D eigenvalue weighted by Crippen LogP contribution is 2.06. The molecule has 92 valence electrons. The quantitative estimate of drug-likeness (QED) is 0.588. The molecule has 1 atom stereocenters. The SMILES string of the molecule is O=C(O)COCC(=O)N1CCOCC1CO. The molecule has 1 aliphatic rings. The number of aliphatic hydroxyl groups excluding tert-OH is 1. The van der Waals surface area contributed by atoms with E-state index >= 15 is 0 Å². The molecule has 1 amide bonds. The number of ether oxygens (including phenoxy) is 2. The van der Waals surface area contributed by atoms with Gasteiger partial charge in [0.25, 0.3) is 0 Å². The number of hydrogen-bond acceptors (Lipinski definition) is 5. The third-order valence-corrected chi connectivity index (χ3v) is 2.21. The molecule has 1 aliphatic heterocycles. The highest BCUT2D eigenvalue weighted by molar-refractivity contribution is 5.78. The van der Waals surface area contributed by atoms with Crippen molar-refractivity contribution in [3.8, 4) is 0 Å². The first-order valence-electron chi connectivity index (χ1n) is 4.92. The van der Waals surface area contributed by atoms with Crippen LogP contribution in [0.2, 0.25) is 0 Å². The summed E-state index contributed by atoms with van der Waals surface area (Å²) in [6.45, 7) is 0.135. The van der Waals surface area contributed by atoms with Crippen molar-refractivity contribution in [2.75, 3.05) is 39.6 Å². The van der Waals surface area contributed by atoms with Crippen LogP contribution in [0.3, 0.4) is 0 Å². The molecule has 7 heteroatoms. The van der Waals surface area contributed by atoms with E-state index < -0.39 is 12.6 Å². The van der Waals surface area contributed by atoms with E-state index in [1.807, 2.05) is 0 Å². The largest absolute Gasteiger partial charge is 0.480 e. The number of rotatable bonds is 5. The van der Waals surface area contributed by atoms with E-state index in [2.05, 4.69) is 4.74 Å². The standard InChI is InChI=1S/C9H15NO6/c11-3-7-4-15-2-1-10(7)8(12)5-16-6-9(13)14/h7,11H,1-6H2,(H,13,14). The molecule has 1 saturated heterocycles. The molecule has 0 aromatic heterocycles. The topological polar surface area (TPSA) is 96.3 Å². The Morgan fingerprint density at radius 3 is 2.81 bits per heavy atom. The van der Waals surface area contributed by atoms with Gasteiger partial charge < -0.3 is 24.6 Å². The molecule has 2 N–H and O–H groups in total. The van der Waals surface area contributed by atoms with Crippen molar-refractivity contribution in [2.24, 2.45) is 0 Å². The number of aliphatic carboxylic acids is 1. The summed E-state index contributed by atoms with van der Waals surface area (Å²) in [5, 5.41) is 17.3. The van der Waals surface area contributed by atoms with Crippen LogP contribution in [0.5, 0.6) is 0 Å². The van der Waals surface area contributed by atoms with Gasteiger partial charge in [0.1, 0.15) is 13.2 Å². The second kappa shape index (κ2) is 6.41. The Bertz CT molecular complexity index is 256. The Morgan fingerprint density at radius 1 is 1.44 bits per heavy atom. The molecule has 0 spiro atoms. The van der Waals surface area contributed by atoms with Crippen molar-refractivity contribution in [3.63, 3.8) is 0 Å². The summed E-state index contributed by atoms with van der Waals surface area (Å²) in [7, 11) is 0. The molecule has 0 bridgehead atoms. The number of carboxylic acid groups (broad SMARTS) is 1. The van der Waals surface area contributed by atoms with Gasteiger partial charge in [-0.2, -0.15) is 0 Å². The van der Waals surface area contributed by atoms with E-state index in [1.54, 1.807) is 0 Å². The Balaban J connectivity index is 2.35. The first-order valence-corrected chi connectivity index (χ1v) is 4.92. The molecule has 16 heavy (non-hydrogen) atoms. The first kappa shape index (κ1) is 12.9. The van der Waals surface area contributed by atoms with Gasteiger partial charge in [0.15, 0.2) is 0 Å². The van der Waals surface area contributed by atoms with E-state index in [0.29, 0.717) is 19.8 Å². The fraction of sp³-hybridized carbons (Fsp3) is 0.778. The number of carbonyl (C=O) groups excluding carboxylic acids is 1. The lowest BCUT2D eigenvalue weighted by Crippen LogP contribution is -2.51. The van der Waals surface area contributed by atoms with Crippen LogP contribution in [-0.2, 0) is 19.1 Å². The lowest BCUT2D eigenvalue weighted by atomic mass is 10.2. The molecule has 0 aromatic carbocycles. The second-order valence-corrected chi connectivity index (χ2v) is 3.38. The number of hydrogen-bond donors (Lipinski definition) is 2. The average Bonchev–Trinajstić information content (AvgIpc) is 2.28. The van der Waals surface area contributed by atoms with Crippen molar-refractivity contribution >= 4 is 11.9 Å². The number of aliphatic hydroxyl groups is 1. The third-order valence-electron chi connectivity index (χ3n) is 2.21. The Hall–Kier alpha value is -1.18. The Labute approximate surface area is 92.6 Å². The average molecular weight is 233 g/mol. The molecular weight excluding hydrogens is 218 g/mol. The van der Waals surface area contributed by atoms with Crippen LogP contribution in [0.15, 0.2) is 0 Å². The zero-order valence-electron chi connectivity index (χ0n) is 8.79. The van der Waals surface area contributed by atoms with Crippen LogP contribution >= 0.6 is 0 Å². The molecule has 1 heterocycles.